The number of carbonyl (C=O) groups excluding carboxylic acids is 1. The van der Waals surface area contributed by atoms with E-state index in [9.17, 15) is 9.59 Å². The largest absolute Gasteiger partial charge is 0.481 e. The number of unbranched alkanes of at least 4 members (excludes halogenated alkanes) is 1. The summed E-state index contributed by atoms with van der Waals surface area (Å²) in [5, 5.41) is 10.8. The molecule has 0 aliphatic rings. The van der Waals surface area contributed by atoms with Gasteiger partial charge in [-0.15, -0.1) is 0 Å². The Kier molecular flexibility index (Phi) is 3.92. The van der Waals surface area contributed by atoms with Gasteiger partial charge >= 0.3 is 5.97 Å². The Hall–Kier alpha value is -2.62. The molecule has 2 N–H and O–H groups in total. The van der Waals surface area contributed by atoms with Crippen molar-refractivity contribution < 1.29 is 14.7 Å². The Morgan fingerprint density at radius 2 is 1.64 bits per heavy atom. The van der Waals surface area contributed by atoms with Crippen LogP contribution < -0.4 is 0 Å². The zero-order valence-electron chi connectivity index (χ0n) is 12.1. The summed E-state index contributed by atoms with van der Waals surface area (Å²) in [6, 6.07) is 13.7. The first-order chi connectivity index (χ1) is 10.6. The third-order valence-corrected chi connectivity index (χ3v) is 3.87. The van der Waals surface area contributed by atoms with Crippen LogP contribution in [0.3, 0.4) is 0 Å². The quantitative estimate of drug-likeness (QED) is 0.530. The van der Waals surface area contributed by atoms with Crippen molar-refractivity contribution in [2.24, 2.45) is 0 Å². The SMILES string of the molecule is O=C(O)CCCCC(=O)c1ccc2[nH]c3ccccc3c2c1. The van der Waals surface area contributed by atoms with E-state index in [2.05, 4.69) is 4.98 Å². The van der Waals surface area contributed by atoms with Crippen molar-refractivity contribution in [2.75, 3.05) is 0 Å². The third kappa shape index (κ3) is 2.86. The van der Waals surface area contributed by atoms with Crippen molar-refractivity contribution in [3.8, 4) is 0 Å². The summed E-state index contributed by atoms with van der Waals surface area (Å²) < 4.78 is 0. The number of aromatic nitrogens is 1. The number of rotatable bonds is 6. The molecule has 0 fully saturated rings. The number of carbonyl (C=O) groups is 2. The van der Waals surface area contributed by atoms with Crippen LogP contribution in [0.25, 0.3) is 21.8 Å². The first-order valence-corrected chi connectivity index (χ1v) is 7.40. The van der Waals surface area contributed by atoms with Crippen molar-refractivity contribution in [3.63, 3.8) is 0 Å². The number of benzene rings is 2. The molecule has 0 saturated heterocycles. The lowest BCUT2D eigenvalue weighted by Gasteiger charge is -2.01. The molecule has 0 aliphatic carbocycles. The maximum Gasteiger partial charge on any atom is 0.303 e. The van der Waals surface area contributed by atoms with E-state index in [0.717, 1.165) is 21.8 Å². The Morgan fingerprint density at radius 1 is 0.909 bits per heavy atom. The molecule has 0 spiro atoms. The smallest absolute Gasteiger partial charge is 0.303 e. The number of Topliss-reactive ketones (excluding diaryl/α,β-unsaturated/α-hetero) is 1. The predicted octanol–water partition coefficient (Wildman–Crippen LogP) is 4.15. The van der Waals surface area contributed by atoms with Gasteiger partial charge in [0.05, 0.1) is 0 Å². The minimum atomic E-state index is -0.812. The van der Waals surface area contributed by atoms with E-state index >= 15 is 0 Å². The molecule has 0 radical (unpaired) electrons. The van der Waals surface area contributed by atoms with Crippen LogP contribution in [-0.2, 0) is 4.79 Å². The monoisotopic (exact) mass is 295 g/mol. The van der Waals surface area contributed by atoms with Gasteiger partial charge in [0.2, 0.25) is 0 Å². The molecule has 0 unspecified atom stereocenters. The molecule has 1 heterocycles. The number of ketones is 1. The van der Waals surface area contributed by atoms with Crippen LogP contribution in [0.5, 0.6) is 0 Å². The highest BCUT2D eigenvalue weighted by Crippen LogP contribution is 2.26. The van der Waals surface area contributed by atoms with E-state index in [1.165, 1.54) is 0 Å². The number of aromatic amines is 1. The molecular weight excluding hydrogens is 278 g/mol. The molecule has 3 aromatic rings. The molecule has 0 amide bonds. The molecule has 2 aromatic carbocycles. The fraction of sp³-hybridized carbons (Fsp3) is 0.222. The van der Waals surface area contributed by atoms with Gasteiger partial charge < -0.3 is 10.1 Å². The summed E-state index contributed by atoms with van der Waals surface area (Å²) in [6.07, 6.45) is 1.66. The van der Waals surface area contributed by atoms with E-state index in [4.69, 9.17) is 5.11 Å². The van der Waals surface area contributed by atoms with Gasteiger partial charge in [-0.05, 0) is 37.1 Å². The Labute approximate surface area is 127 Å². The second-order valence-electron chi connectivity index (χ2n) is 5.45. The molecular formula is C18H17NO3. The van der Waals surface area contributed by atoms with Crippen molar-refractivity contribution in [1.29, 1.82) is 0 Å². The Morgan fingerprint density at radius 3 is 2.45 bits per heavy atom. The molecule has 22 heavy (non-hydrogen) atoms. The molecule has 112 valence electrons. The number of aliphatic carboxylic acids is 1. The van der Waals surface area contributed by atoms with Gasteiger partial charge in [0.15, 0.2) is 5.78 Å². The maximum absolute atomic E-state index is 12.2. The molecule has 0 atom stereocenters. The van der Waals surface area contributed by atoms with Gasteiger partial charge in [-0.25, -0.2) is 0 Å². The highest BCUT2D eigenvalue weighted by Gasteiger charge is 2.10. The summed E-state index contributed by atoms with van der Waals surface area (Å²) in [6.45, 7) is 0. The molecule has 0 aliphatic heterocycles. The second-order valence-corrected chi connectivity index (χ2v) is 5.45. The van der Waals surface area contributed by atoms with E-state index < -0.39 is 5.97 Å². The first-order valence-electron chi connectivity index (χ1n) is 7.40. The Balaban J connectivity index is 1.80. The maximum atomic E-state index is 12.2. The molecule has 4 nitrogen and oxygen atoms in total. The summed E-state index contributed by atoms with van der Waals surface area (Å²) in [5.41, 5.74) is 2.76. The van der Waals surface area contributed by atoms with E-state index in [1.54, 1.807) is 0 Å². The van der Waals surface area contributed by atoms with Crippen molar-refractivity contribution >= 4 is 33.6 Å². The average molecular weight is 295 g/mol. The van der Waals surface area contributed by atoms with E-state index in [0.29, 0.717) is 24.8 Å². The van der Waals surface area contributed by atoms with Gasteiger partial charge in [0, 0.05) is 40.2 Å². The highest BCUT2D eigenvalue weighted by atomic mass is 16.4. The summed E-state index contributed by atoms with van der Waals surface area (Å²) in [4.78, 5) is 26.0. The number of hydrogen-bond acceptors (Lipinski definition) is 2. The molecule has 0 saturated carbocycles. The number of nitrogens with one attached hydrogen (secondary N) is 1. The summed E-state index contributed by atoms with van der Waals surface area (Å²) in [7, 11) is 0. The number of carboxylic acids is 1. The van der Waals surface area contributed by atoms with Crippen LogP contribution in [0.2, 0.25) is 0 Å². The predicted molar refractivity (Wildman–Crippen MR) is 86.2 cm³/mol. The minimum Gasteiger partial charge on any atom is -0.481 e. The lowest BCUT2D eigenvalue weighted by molar-refractivity contribution is -0.137. The molecule has 1 aromatic heterocycles. The zero-order valence-corrected chi connectivity index (χ0v) is 12.1. The van der Waals surface area contributed by atoms with Crippen molar-refractivity contribution in [2.45, 2.75) is 25.7 Å². The summed E-state index contributed by atoms with van der Waals surface area (Å²) in [5.74, 6) is -0.745. The minimum absolute atomic E-state index is 0.0672. The van der Waals surface area contributed by atoms with Crippen LogP contribution >= 0.6 is 0 Å². The number of carboxylic acid groups (broad SMARTS) is 1. The normalized spacial score (nSPS) is 11.1. The number of hydrogen-bond donors (Lipinski definition) is 2. The lowest BCUT2D eigenvalue weighted by Crippen LogP contribution is -2.00. The van der Waals surface area contributed by atoms with Gasteiger partial charge in [-0.2, -0.15) is 0 Å². The number of H-pyrrole nitrogens is 1. The zero-order chi connectivity index (χ0) is 15.5. The standard InChI is InChI=1S/C18H17NO3/c20-17(7-3-4-8-18(21)22)12-9-10-16-14(11-12)13-5-1-2-6-15(13)19-16/h1-2,5-6,9-11,19H,3-4,7-8H2,(H,21,22). The van der Waals surface area contributed by atoms with Crippen LogP contribution in [0.4, 0.5) is 0 Å². The summed E-state index contributed by atoms with van der Waals surface area (Å²) >= 11 is 0. The van der Waals surface area contributed by atoms with E-state index in [-0.39, 0.29) is 12.2 Å². The lowest BCUT2D eigenvalue weighted by atomic mass is 10.0. The van der Waals surface area contributed by atoms with Gasteiger partial charge in [-0.3, -0.25) is 9.59 Å². The van der Waals surface area contributed by atoms with Crippen molar-refractivity contribution in [3.05, 3.63) is 48.0 Å². The fourth-order valence-electron chi connectivity index (χ4n) is 2.73. The van der Waals surface area contributed by atoms with Crippen LogP contribution in [-0.4, -0.2) is 21.8 Å². The van der Waals surface area contributed by atoms with Crippen LogP contribution in [0, 0.1) is 0 Å². The number of fused-ring (bicyclic) bond motifs is 3. The molecule has 0 bridgehead atoms. The first kappa shape index (κ1) is 14.3. The van der Waals surface area contributed by atoms with E-state index in [1.807, 2.05) is 42.5 Å². The van der Waals surface area contributed by atoms with Gasteiger partial charge in [0.25, 0.3) is 0 Å². The van der Waals surface area contributed by atoms with Crippen LogP contribution in [0.1, 0.15) is 36.0 Å². The van der Waals surface area contributed by atoms with Crippen LogP contribution in [0.15, 0.2) is 42.5 Å². The molecule has 4 heteroatoms. The Bertz CT molecular complexity index is 848. The number of para-hydroxylation sites is 1. The highest BCUT2D eigenvalue weighted by molar-refractivity contribution is 6.10. The topological polar surface area (TPSA) is 70.2 Å². The second kappa shape index (κ2) is 6.02. The van der Waals surface area contributed by atoms with Crippen molar-refractivity contribution in [1.82, 2.24) is 4.98 Å². The average Bonchev–Trinajstić information content (AvgIpc) is 2.89. The molecule has 3 rings (SSSR count). The van der Waals surface area contributed by atoms with Gasteiger partial charge in [0.1, 0.15) is 0 Å². The fourth-order valence-corrected chi connectivity index (χ4v) is 2.73. The van der Waals surface area contributed by atoms with Gasteiger partial charge in [-0.1, -0.05) is 18.2 Å². The third-order valence-electron chi connectivity index (χ3n) is 3.87.